The van der Waals surface area contributed by atoms with Crippen LogP contribution >= 0.6 is 0 Å². The van der Waals surface area contributed by atoms with E-state index in [1.165, 1.54) is 18.2 Å². The number of fused-ring (bicyclic) bond motifs is 3. The van der Waals surface area contributed by atoms with Gasteiger partial charge in [-0.3, -0.25) is 14.9 Å². The van der Waals surface area contributed by atoms with Crippen molar-refractivity contribution in [1.82, 2.24) is 10.2 Å². The number of unbranched alkanes of at least 4 members (excludes halogenated alkanes) is 2. The van der Waals surface area contributed by atoms with Gasteiger partial charge in [0.25, 0.3) is 5.69 Å². The molecule has 2 aliphatic carbocycles. The number of benzene rings is 5. The fourth-order valence-electron chi connectivity index (χ4n) is 10.9. The smallest absolute Gasteiger partial charge is 0.412 e. The number of aliphatic hydroxyl groups excluding tert-OH is 2. The average Bonchev–Trinajstić information content (AvgIpc) is 3.98. The van der Waals surface area contributed by atoms with Gasteiger partial charge in [-0.15, -0.1) is 6.58 Å². The lowest BCUT2D eigenvalue weighted by atomic mass is 9.55. The van der Waals surface area contributed by atoms with Crippen LogP contribution in [0.4, 0.5) is 10.5 Å². The molecular formula is C59H62N4O12. The van der Waals surface area contributed by atoms with E-state index in [4.69, 9.17) is 33.7 Å². The molecule has 3 N–H and O–H groups in total. The predicted molar refractivity (Wildman–Crippen MR) is 281 cm³/mol. The van der Waals surface area contributed by atoms with E-state index in [2.05, 4.69) is 18.0 Å². The highest BCUT2D eigenvalue weighted by atomic mass is 16.7. The molecule has 1 saturated carbocycles. The quantitative estimate of drug-likeness (QED) is 0.0184. The molecule has 6 unspecified atom stereocenters. The van der Waals surface area contributed by atoms with Gasteiger partial charge >= 0.3 is 6.09 Å². The summed E-state index contributed by atoms with van der Waals surface area (Å²) in [4.78, 5) is 47.9. The van der Waals surface area contributed by atoms with Crippen molar-refractivity contribution >= 4 is 29.5 Å². The molecular weight excluding hydrogens is 957 g/mol. The Morgan fingerprint density at radius 2 is 1.57 bits per heavy atom. The molecule has 1 fully saturated rings. The van der Waals surface area contributed by atoms with Crippen LogP contribution in [-0.4, -0.2) is 76.2 Å². The molecule has 9 rings (SSSR count). The minimum atomic E-state index is -1.62. The maximum Gasteiger partial charge on any atom is 0.412 e. The summed E-state index contributed by atoms with van der Waals surface area (Å²) >= 11 is 0. The molecule has 2 amide bonds. The number of amides is 2. The highest BCUT2D eigenvalue weighted by Crippen LogP contribution is 2.62. The first-order valence-electron chi connectivity index (χ1n) is 25.5. The molecule has 5 aromatic rings. The summed E-state index contributed by atoms with van der Waals surface area (Å²) in [7, 11) is 0. The Bertz CT molecular complexity index is 2890. The lowest BCUT2D eigenvalue weighted by molar-refractivity contribution is -0.384. The molecule has 0 saturated heterocycles. The summed E-state index contributed by atoms with van der Waals surface area (Å²) in [5.74, 6) is -1.39. The highest BCUT2D eigenvalue weighted by molar-refractivity contribution is 6.03. The third kappa shape index (κ3) is 12.1. The molecule has 16 nitrogen and oxygen atoms in total. The van der Waals surface area contributed by atoms with Crippen molar-refractivity contribution in [2.75, 3.05) is 26.6 Å². The number of oxime groups is 1. The first-order chi connectivity index (χ1) is 36.7. The van der Waals surface area contributed by atoms with Crippen LogP contribution in [0.25, 0.3) is 6.08 Å². The van der Waals surface area contributed by atoms with Gasteiger partial charge < -0.3 is 49.0 Å². The zero-order valence-electron chi connectivity index (χ0n) is 41.7. The number of ether oxygens (including phenoxy) is 5. The van der Waals surface area contributed by atoms with E-state index in [0.29, 0.717) is 60.0 Å². The fourth-order valence-corrected chi connectivity index (χ4v) is 10.9. The molecule has 6 atom stereocenters. The third-order valence-corrected chi connectivity index (χ3v) is 14.4. The Labute approximate surface area is 436 Å². The molecule has 75 heavy (non-hydrogen) atoms. The normalized spacial score (nSPS) is 21.5. The van der Waals surface area contributed by atoms with E-state index in [-0.39, 0.29) is 70.3 Å². The number of carbonyl (C=O) groups is 2. The van der Waals surface area contributed by atoms with E-state index in [0.717, 1.165) is 40.7 Å². The van der Waals surface area contributed by atoms with Gasteiger partial charge in [0.05, 0.1) is 23.2 Å². The van der Waals surface area contributed by atoms with Crippen molar-refractivity contribution in [2.45, 2.75) is 82.4 Å². The van der Waals surface area contributed by atoms with Crippen LogP contribution in [0.15, 0.2) is 157 Å². The summed E-state index contributed by atoms with van der Waals surface area (Å²) in [5, 5.41) is 39.5. The number of aliphatic hydroxyl groups is 2. The van der Waals surface area contributed by atoms with Crippen LogP contribution in [0.2, 0.25) is 0 Å². The fraction of sp³-hybridized carbons (Fsp3) is 0.339. The number of nitro benzene ring substituents is 1. The molecule has 4 aliphatic rings. The van der Waals surface area contributed by atoms with E-state index in [1.54, 1.807) is 41.3 Å². The second kappa shape index (κ2) is 24.5. The molecule has 390 valence electrons. The van der Waals surface area contributed by atoms with Crippen LogP contribution in [0, 0.1) is 27.9 Å². The minimum Gasteiger partial charge on any atom is -0.459 e. The van der Waals surface area contributed by atoms with Gasteiger partial charge in [-0.2, -0.15) is 0 Å². The van der Waals surface area contributed by atoms with Crippen LogP contribution in [0.5, 0.6) is 23.0 Å². The number of hydrogen-bond donors (Lipinski definition) is 3. The van der Waals surface area contributed by atoms with Crippen molar-refractivity contribution in [3.63, 3.8) is 0 Å². The Balaban J connectivity index is 1.21. The zero-order valence-corrected chi connectivity index (χ0v) is 41.7. The maximum absolute atomic E-state index is 15.4. The average molecular weight is 1020 g/mol. The zero-order chi connectivity index (χ0) is 52.2. The van der Waals surface area contributed by atoms with Crippen molar-refractivity contribution in [3.8, 4) is 23.0 Å². The van der Waals surface area contributed by atoms with Gasteiger partial charge in [-0.25, -0.2) is 4.79 Å². The molecule has 0 spiro atoms. The molecule has 5 aromatic carbocycles. The van der Waals surface area contributed by atoms with Crippen molar-refractivity contribution in [3.05, 3.63) is 190 Å². The standard InChI is InChI=1S/C59H62N4O12/c1-2-31-72-59-54(62(37-43-21-26-52-53(32-43)71-39-70-52)55(66)28-22-40-19-23-45(24-20-40)63(68)69)35-50(61-73-38-42-15-7-4-8-16-42)48-33-44(17-9-11-29-64)47(18-10-12-30-65)56(57(48)59)49-34-46(25-27-51(49)75-59)74-58(67)60-36-41-13-5-3-6-14-41/h2-8,13-16,19-28,32-34,44,47,54,56-57,64-65H,1,9-12,17-18,29-31,35-39H2,(H,60,67). The van der Waals surface area contributed by atoms with Gasteiger partial charge in [0, 0.05) is 62.4 Å². The summed E-state index contributed by atoms with van der Waals surface area (Å²) in [6, 6.07) is 35.1. The highest BCUT2D eigenvalue weighted by Gasteiger charge is 2.65. The maximum atomic E-state index is 15.4. The Morgan fingerprint density at radius 1 is 0.853 bits per heavy atom. The topological polar surface area (TPSA) is 201 Å². The number of non-ortho nitro benzene ring substituents is 1. The SMILES string of the molecule is C=CCOC12Oc3ccc(OC(=O)NCc4ccccc4)cc3C3C(CCCCO)C(CCCCO)C=C(C(=NOCc4ccccc4)CC1N(Cc1ccc4c(c1)OCO4)C(=O)C=Cc1ccc([N+](=O)[O-])cc1)C32. The summed E-state index contributed by atoms with van der Waals surface area (Å²) in [6.45, 7) is 4.68. The minimum absolute atomic E-state index is 0.0151. The monoisotopic (exact) mass is 1020 g/mol. The second-order valence-electron chi connectivity index (χ2n) is 19.1. The van der Waals surface area contributed by atoms with Gasteiger partial charge in [-0.1, -0.05) is 96.9 Å². The van der Waals surface area contributed by atoms with E-state index < -0.39 is 40.6 Å². The van der Waals surface area contributed by atoms with Gasteiger partial charge in [0.1, 0.15) is 24.1 Å². The number of nitrogens with one attached hydrogen (secondary N) is 1. The van der Waals surface area contributed by atoms with Gasteiger partial charge in [0.2, 0.25) is 18.5 Å². The lowest BCUT2D eigenvalue weighted by Crippen LogP contribution is -2.70. The third-order valence-electron chi connectivity index (χ3n) is 14.4. The number of nitrogens with zero attached hydrogens (tertiary/aromatic N) is 3. The molecule has 2 aliphatic heterocycles. The number of rotatable bonds is 23. The first kappa shape index (κ1) is 52.1. The molecule has 2 heterocycles. The number of nitro groups is 1. The first-order valence-corrected chi connectivity index (χ1v) is 25.5. The number of carbonyl (C=O) groups excluding carboxylic acids is 2. The van der Waals surface area contributed by atoms with Crippen molar-refractivity contribution < 1.29 is 53.2 Å². The Kier molecular flexibility index (Phi) is 17.0. The summed E-state index contributed by atoms with van der Waals surface area (Å²) in [6.07, 6.45) is 10.5. The molecule has 16 heteroatoms. The Hall–Kier alpha value is -7.79. The van der Waals surface area contributed by atoms with Crippen molar-refractivity contribution in [2.24, 2.45) is 22.9 Å². The van der Waals surface area contributed by atoms with Crippen LogP contribution in [0.1, 0.15) is 78.7 Å². The molecule has 0 bridgehead atoms. The summed E-state index contributed by atoms with van der Waals surface area (Å²) < 4.78 is 32.1. The van der Waals surface area contributed by atoms with Crippen LogP contribution in [-0.2, 0) is 34.1 Å². The molecule has 0 radical (unpaired) electrons. The van der Waals surface area contributed by atoms with Gasteiger partial charge in [0.15, 0.2) is 11.5 Å². The van der Waals surface area contributed by atoms with Crippen LogP contribution in [0.3, 0.4) is 0 Å². The summed E-state index contributed by atoms with van der Waals surface area (Å²) in [5.41, 5.74) is 5.23. The van der Waals surface area contributed by atoms with Gasteiger partial charge in [-0.05, 0) is 114 Å². The van der Waals surface area contributed by atoms with E-state index in [1.807, 2.05) is 84.9 Å². The van der Waals surface area contributed by atoms with E-state index >= 15 is 4.79 Å². The second-order valence-corrected chi connectivity index (χ2v) is 19.1. The molecule has 0 aromatic heterocycles. The number of hydrogen-bond acceptors (Lipinski definition) is 13. The predicted octanol–water partition coefficient (Wildman–Crippen LogP) is 10.2. The largest absolute Gasteiger partial charge is 0.459 e. The van der Waals surface area contributed by atoms with Crippen LogP contribution < -0.4 is 24.3 Å². The Morgan fingerprint density at radius 3 is 2.31 bits per heavy atom. The van der Waals surface area contributed by atoms with E-state index in [9.17, 15) is 25.1 Å². The number of allylic oxidation sites excluding steroid dienone is 1. The lowest BCUT2D eigenvalue weighted by Gasteiger charge is -2.60. The van der Waals surface area contributed by atoms with Crippen molar-refractivity contribution in [1.29, 1.82) is 0 Å².